The number of nitrogens with zero attached hydrogens (tertiary/aromatic N) is 1. The van der Waals surface area contributed by atoms with Crippen LogP contribution < -0.4 is 4.74 Å². The Balaban J connectivity index is 1.80. The van der Waals surface area contributed by atoms with E-state index in [1.165, 1.54) is 4.90 Å². The number of amides is 1. The second-order valence-electron chi connectivity index (χ2n) is 8.02. The lowest BCUT2D eigenvalue weighted by Crippen LogP contribution is -2.31. The molecule has 1 atom stereocenters. The van der Waals surface area contributed by atoms with Crippen LogP contribution in [0.4, 0.5) is 0 Å². The molecule has 6 nitrogen and oxygen atoms in total. The number of aliphatic hydroxyl groups excluding tert-OH is 1. The minimum absolute atomic E-state index is 0.0169. The van der Waals surface area contributed by atoms with Gasteiger partial charge in [-0.25, -0.2) is 0 Å². The first-order chi connectivity index (χ1) is 15.3. The minimum Gasteiger partial charge on any atom is -0.503 e. The Bertz CT molecular complexity index is 1230. The van der Waals surface area contributed by atoms with E-state index in [0.29, 0.717) is 29.9 Å². The Morgan fingerprint density at radius 1 is 1.22 bits per heavy atom. The monoisotopic (exact) mass is 497 g/mol. The number of ether oxygens (including phenoxy) is 1. The number of halogens is 1. The van der Waals surface area contributed by atoms with Crippen LogP contribution in [0.15, 0.2) is 68.8 Å². The number of hydrogen-bond acceptors (Lipinski definition) is 5. The Kier molecular flexibility index (Phi) is 6.11. The summed E-state index contributed by atoms with van der Waals surface area (Å²) in [6, 6.07) is 13.6. The zero-order chi connectivity index (χ0) is 23.0. The van der Waals surface area contributed by atoms with Crippen molar-refractivity contribution < 1.29 is 23.8 Å². The Morgan fingerprint density at radius 3 is 2.72 bits per heavy atom. The van der Waals surface area contributed by atoms with Crippen LogP contribution in [0.3, 0.4) is 0 Å². The molecule has 0 saturated carbocycles. The summed E-state index contributed by atoms with van der Waals surface area (Å²) < 4.78 is 12.4. The average Bonchev–Trinajstić information content (AvgIpc) is 3.27. The number of rotatable bonds is 7. The molecule has 166 valence electrons. The number of ketones is 1. The van der Waals surface area contributed by atoms with E-state index >= 15 is 0 Å². The van der Waals surface area contributed by atoms with Crippen LogP contribution in [-0.2, 0) is 4.79 Å². The molecule has 0 spiro atoms. The van der Waals surface area contributed by atoms with Crippen LogP contribution in [0.2, 0.25) is 0 Å². The average molecular weight is 498 g/mol. The van der Waals surface area contributed by atoms with E-state index in [1.54, 1.807) is 12.1 Å². The van der Waals surface area contributed by atoms with Gasteiger partial charge >= 0.3 is 0 Å². The third-order valence-electron chi connectivity index (χ3n) is 5.26. The number of benzene rings is 2. The van der Waals surface area contributed by atoms with Crippen LogP contribution in [0.5, 0.6) is 5.75 Å². The zero-order valence-electron chi connectivity index (χ0n) is 18.1. The number of hydrogen-bond donors (Lipinski definition) is 1. The number of Topliss-reactive ketones (excluding diaryl/α,β-unsaturated/α-hetero) is 1. The van der Waals surface area contributed by atoms with Gasteiger partial charge in [-0.05, 0) is 62.2 Å². The number of aliphatic hydroxyl groups is 1. The molecule has 3 aromatic rings. The molecule has 1 aliphatic rings. The summed E-state index contributed by atoms with van der Waals surface area (Å²) in [6.45, 7) is 6.19. The van der Waals surface area contributed by atoms with Gasteiger partial charge in [0.15, 0.2) is 11.5 Å². The first-order valence-corrected chi connectivity index (χ1v) is 11.3. The molecular formula is C25H24BrNO5. The van der Waals surface area contributed by atoms with Gasteiger partial charge in [-0.2, -0.15) is 0 Å². The summed E-state index contributed by atoms with van der Waals surface area (Å²) in [6.07, 6.45) is 0.653. The maximum Gasteiger partial charge on any atom is 0.290 e. The lowest BCUT2D eigenvalue weighted by molar-refractivity contribution is -0.129. The van der Waals surface area contributed by atoms with Crippen molar-refractivity contribution in [3.63, 3.8) is 0 Å². The van der Waals surface area contributed by atoms with Gasteiger partial charge in [-0.1, -0.05) is 35.0 Å². The molecule has 1 aromatic heterocycles. The maximum absolute atomic E-state index is 13.5. The fourth-order valence-corrected chi connectivity index (χ4v) is 4.37. The SMILES string of the molecule is CCCN1C(=O)C(O)=C(C(=O)c2cc3cc(Br)ccc3o2)C1c1cccc(OC(C)C)c1. The quantitative estimate of drug-likeness (QED) is 0.406. The molecule has 0 aliphatic carbocycles. The van der Waals surface area contributed by atoms with Gasteiger partial charge in [0.2, 0.25) is 5.78 Å². The summed E-state index contributed by atoms with van der Waals surface area (Å²) in [5.74, 6) is -0.903. The molecule has 32 heavy (non-hydrogen) atoms. The van der Waals surface area contributed by atoms with E-state index in [-0.39, 0.29) is 17.4 Å². The van der Waals surface area contributed by atoms with Crippen molar-refractivity contribution in [1.29, 1.82) is 0 Å². The lowest BCUT2D eigenvalue weighted by atomic mass is 9.94. The van der Waals surface area contributed by atoms with Crippen molar-refractivity contribution in [3.05, 3.63) is 75.7 Å². The molecule has 4 rings (SSSR count). The molecule has 2 aromatic carbocycles. The first-order valence-electron chi connectivity index (χ1n) is 10.5. The van der Waals surface area contributed by atoms with E-state index in [4.69, 9.17) is 9.15 Å². The number of carbonyl (C=O) groups is 2. The van der Waals surface area contributed by atoms with Gasteiger partial charge in [0.05, 0.1) is 17.7 Å². The summed E-state index contributed by atoms with van der Waals surface area (Å²) in [5, 5.41) is 11.5. The third-order valence-corrected chi connectivity index (χ3v) is 5.75. The largest absolute Gasteiger partial charge is 0.503 e. The maximum atomic E-state index is 13.5. The van der Waals surface area contributed by atoms with Crippen LogP contribution >= 0.6 is 15.9 Å². The first kappa shape index (κ1) is 22.1. The van der Waals surface area contributed by atoms with E-state index in [2.05, 4.69) is 15.9 Å². The number of fused-ring (bicyclic) bond motifs is 1. The predicted octanol–water partition coefficient (Wildman–Crippen LogP) is 5.97. The molecule has 0 radical (unpaired) electrons. The van der Waals surface area contributed by atoms with Crippen LogP contribution in [0, 0.1) is 0 Å². The lowest BCUT2D eigenvalue weighted by Gasteiger charge is -2.26. The van der Waals surface area contributed by atoms with E-state index < -0.39 is 23.5 Å². The molecule has 1 N–H and O–H groups in total. The second-order valence-corrected chi connectivity index (χ2v) is 8.94. The number of furan rings is 1. The number of carbonyl (C=O) groups excluding carboxylic acids is 2. The second kappa shape index (κ2) is 8.82. The Morgan fingerprint density at radius 2 is 2.00 bits per heavy atom. The van der Waals surface area contributed by atoms with Crippen molar-refractivity contribution in [1.82, 2.24) is 4.90 Å². The highest BCUT2D eigenvalue weighted by Crippen LogP contribution is 2.40. The van der Waals surface area contributed by atoms with Gasteiger partial charge in [0.25, 0.3) is 5.91 Å². The third kappa shape index (κ3) is 4.05. The van der Waals surface area contributed by atoms with Gasteiger partial charge in [0.1, 0.15) is 11.3 Å². The molecule has 7 heteroatoms. The highest BCUT2D eigenvalue weighted by Gasteiger charge is 2.44. The zero-order valence-corrected chi connectivity index (χ0v) is 19.7. The molecule has 1 amide bonds. The molecular weight excluding hydrogens is 474 g/mol. The molecule has 0 saturated heterocycles. The summed E-state index contributed by atoms with van der Waals surface area (Å²) in [5.41, 5.74) is 1.26. The summed E-state index contributed by atoms with van der Waals surface area (Å²) >= 11 is 3.41. The fourth-order valence-electron chi connectivity index (χ4n) is 3.99. The van der Waals surface area contributed by atoms with Crippen LogP contribution in [-0.4, -0.2) is 34.3 Å². The normalized spacial score (nSPS) is 16.5. The van der Waals surface area contributed by atoms with E-state index in [1.807, 2.05) is 57.2 Å². The highest BCUT2D eigenvalue weighted by atomic mass is 79.9. The predicted molar refractivity (Wildman–Crippen MR) is 125 cm³/mol. The molecule has 0 bridgehead atoms. The smallest absolute Gasteiger partial charge is 0.290 e. The van der Waals surface area contributed by atoms with Crippen LogP contribution in [0.25, 0.3) is 11.0 Å². The molecule has 0 fully saturated rings. The standard InChI is InChI=1S/C25H24BrNO5/c1-4-10-27-22(15-6-5-7-18(12-15)31-14(2)3)21(24(29)25(27)30)23(28)20-13-16-11-17(26)8-9-19(16)32-20/h5-9,11-14,22,29H,4,10H2,1-3H3. The van der Waals surface area contributed by atoms with Gasteiger partial charge in [0, 0.05) is 16.4 Å². The van der Waals surface area contributed by atoms with Crippen molar-refractivity contribution >= 4 is 38.6 Å². The summed E-state index contributed by atoms with van der Waals surface area (Å²) in [7, 11) is 0. The van der Waals surface area contributed by atoms with Crippen LogP contribution in [0.1, 0.15) is 49.4 Å². The highest BCUT2D eigenvalue weighted by molar-refractivity contribution is 9.10. The Hall–Kier alpha value is -3.06. The van der Waals surface area contributed by atoms with Crippen molar-refractivity contribution in [2.75, 3.05) is 6.54 Å². The van der Waals surface area contributed by atoms with Gasteiger partial charge in [-0.3, -0.25) is 9.59 Å². The van der Waals surface area contributed by atoms with Crippen molar-refractivity contribution in [3.8, 4) is 5.75 Å². The van der Waals surface area contributed by atoms with E-state index in [9.17, 15) is 14.7 Å². The topological polar surface area (TPSA) is 80.0 Å². The van der Waals surface area contributed by atoms with Gasteiger partial charge < -0.3 is 19.2 Å². The van der Waals surface area contributed by atoms with E-state index in [0.717, 1.165) is 9.86 Å². The van der Waals surface area contributed by atoms with Gasteiger partial charge in [-0.15, -0.1) is 0 Å². The van der Waals surface area contributed by atoms with Crippen molar-refractivity contribution in [2.45, 2.75) is 39.3 Å². The Labute approximate surface area is 194 Å². The fraction of sp³-hybridized carbons (Fsp3) is 0.280. The molecule has 1 aliphatic heterocycles. The van der Waals surface area contributed by atoms with Crippen molar-refractivity contribution in [2.24, 2.45) is 0 Å². The molecule has 2 heterocycles. The molecule has 1 unspecified atom stereocenters. The minimum atomic E-state index is -0.731. The summed E-state index contributed by atoms with van der Waals surface area (Å²) in [4.78, 5) is 27.9.